The number of hydrogen-bond donors (Lipinski definition) is 1. The number of fused-ring (bicyclic) bond motifs is 1. The molecule has 19 heavy (non-hydrogen) atoms. The monoisotopic (exact) mass is 272 g/mol. The van der Waals surface area contributed by atoms with Crippen molar-refractivity contribution in [2.75, 3.05) is 5.32 Å². The maximum Gasteiger partial charge on any atom is 0.129 e. The predicted octanol–water partition coefficient (Wildman–Crippen LogP) is 4.45. The molecule has 1 heterocycles. The van der Waals surface area contributed by atoms with Gasteiger partial charge in [0.2, 0.25) is 0 Å². The van der Waals surface area contributed by atoms with Gasteiger partial charge in [0.05, 0.1) is 17.4 Å². The number of aryl methyl sites for hydroxylation is 3. The number of aromatic nitrogens is 1. The van der Waals surface area contributed by atoms with Crippen LogP contribution in [0.15, 0.2) is 30.3 Å². The van der Waals surface area contributed by atoms with Crippen LogP contribution in [0, 0.1) is 13.8 Å². The van der Waals surface area contributed by atoms with Gasteiger partial charge in [-0.15, -0.1) is 0 Å². The summed E-state index contributed by atoms with van der Waals surface area (Å²) in [6, 6.07) is 11.0. The molecule has 1 aliphatic carbocycles. The van der Waals surface area contributed by atoms with Crippen LogP contribution < -0.4 is 5.32 Å². The van der Waals surface area contributed by atoms with E-state index in [1.54, 1.807) is 0 Å². The second-order valence-corrected chi connectivity index (χ2v) is 5.59. The first-order valence-electron chi connectivity index (χ1n) is 6.62. The highest BCUT2D eigenvalue weighted by Gasteiger charge is 2.22. The maximum atomic E-state index is 5.90. The molecule has 2 nitrogen and oxygen atoms in total. The van der Waals surface area contributed by atoms with Gasteiger partial charge < -0.3 is 5.32 Å². The molecule has 0 spiro atoms. The lowest BCUT2D eigenvalue weighted by molar-refractivity contribution is 0.759. The predicted molar refractivity (Wildman–Crippen MR) is 79.8 cm³/mol. The van der Waals surface area contributed by atoms with Gasteiger partial charge in [-0.1, -0.05) is 35.4 Å². The van der Waals surface area contributed by atoms with Gasteiger partial charge in [-0.2, -0.15) is 0 Å². The number of nitrogens with one attached hydrogen (secondary N) is 1. The molecule has 3 heteroatoms. The number of rotatable bonds is 2. The molecule has 0 saturated heterocycles. The highest BCUT2D eigenvalue weighted by Crippen LogP contribution is 2.35. The van der Waals surface area contributed by atoms with Gasteiger partial charge in [0.1, 0.15) is 5.15 Å². The fourth-order valence-electron chi connectivity index (χ4n) is 2.74. The van der Waals surface area contributed by atoms with Crippen LogP contribution in [-0.4, -0.2) is 4.98 Å². The number of pyridine rings is 1. The summed E-state index contributed by atoms with van der Waals surface area (Å²) >= 11 is 5.90. The third-order valence-corrected chi connectivity index (χ3v) is 3.97. The number of benzene rings is 1. The highest BCUT2D eigenvalue weighted by molar-refractivity contribution is 6.29. The van der Waals surface area contributed by atoms with Gasteiger partial charge >= 0.3 is 0 Å². The second-order valence-electron chi connectivity index (χ2n) is 5.20. The SMILES string of the molecule is Cc1ccc2c(c1)C(Nc1ccc(Cl)nc1C)CC2. The summed E-state index contributed by atoms with van der Waals surface area (Å²) in [6.45, 7) is 4.13. The lowest BCUT2D eigenvalue weighted by Gasteiger charge is -2.17. The molecular weight excluding hydrogens is 256 g/mol. The third-order valence-electron chi connectivity index (χ3n) is 3.76. The Balaban J connectivity index is 1.88. The normalized spacial score (nSPS) is 17.3. The summed E-state index contributed by atoms with van der Waals surface area (Å²) in [5, 5.41) is 4.15. The van der Waals surface area contributed by atoms with Crippen LogP contribution in [0.1, 0.15) is 34.8 Å². The molecule has 98 valence electrons. The Bertz CT molecular complexity index is 622. The maximum absolute atomic E-state index is 5.90. The van der Waals surface area contributed by atoms with Gasteiger partial charge in [-0.25, -0.2) is 4.98 Å². The van der Waals surface area contributed by atoms with Crippen molar-refractivity contribution in [3.05, 3.63) is 57.9 Å². The van der Waals surface area contributed by atoms with Crippen molar-refractivity contribution in [3.63, 3.8) is 0 Å². The van der Waals surface area contributed by atoms with Crippen molar-refractivity contribution in [1.82, 2.24) is 4.98 Å². The first-order chi connectivity index (χ1) is 9.13. The molecule has 3 rings (SSSR count). The molecule has 2 aromatic rings. The topological polar surface area (TPSA) is 24.9 Å². The fourth-order valence-corrected chi connectivity index (χ4v) is 2.93. The molecule has 1 atom stereocenters. The van der Waals surface area contributed by atoms with E-state index < -0.39 is 0 Å². The summed E-state index contributed by atoms with van der Waals surface area (Å²) in [7, 11) is 0. The zero-order valence-corrected chi connectivity index (χ0v) is 12.0. The van der Waals surface area contributed by atoms with Crippen LogP contribution in [0.25, 0.3) is 0 Å². The van der Waals surface area contributed by atoms with Crippen molar-refractivity contribution >= 4 is 17.3 Å². The Morgan fingerprint density at radius 3 is 2.84 bits per heavy atom. The van der Waals surface area contributed by atoms with Crippen LogP contribution in [0.5, 0.6) is 0 Å². The van der Waals surface area contributed by atoms with E-state index in [9.17, 15) is 0 Å². The van der Waals surface area contributed by atoms with Crippen molar-refractivity contribution in [1.29, 1.82) is 0 Å². The summed E-state index contributed by atoms with van der Waals surface area (Å²) < 4.78 is 0. The molecule has 0 saturated carbocycles. The second kappa shape index (κ2) is 4.86. The molecule has 1 aromatic heterocycles. The summed E-state index contributed by atoms with van der Waals surface area (Å²) in [6.07, 6.45) is 2.29. The average Bonchev–Trinajstić information content (AvgIpc) is 2.75. The molecule has 0 fully saturated rings. The van der Waals surface area contributed by atoms with Gasteiger partial charge in [-0.3, -0.25) is 0 Å². The molecule has 1 unspecified atom stereocenters. The fraction of sp³-hybridized carbons (Fsp3) is 0.312. The van der Waals surface area contributed by atoms with Crippen LogP contribution in [-0.2, 0) is 6.42 Å². The van der Waals surface area contributed by atoms with E-state index in [1.807, 2.05) is 19.1 Å². The van der Waals surface area contributed by atoms with Crippen LogP contribution in [0.4, 0.5) is 5.69 Å². The third kappa shape index (κ3) is 2.45. The summed E-state index contributed by atoms with van der Waals surface area (Å²) in [4.78, 5) is 4.29. The van der Waals surface area contributed by atoms with Crippen molar-refractivity contribution in [3.8, 4) is 0 Å². The number of hydrogen-bond acceptors (Lipinski definition) is 2. The van der Waals surface area contributed by atoms with E-state index in [1.165, 1.54) is 16.7 Å². The van der Waals surface area contributed by atoms with Gasteiger partial charge in [0.15, 0.2) is 0 Å². The Morgan fingerprint density at radius 2 is 2.05 bits per heavy atom. The largest absolute Gasteiger partial charge is 0.377 e. The van der Waals surface area contributed by atoms with Gasteiger partial charge in [-0.05, 0) is 49.9 Å². The van der Waals surface area contributed by atoms with E-state index in [4.69, 9.17) is 11.6 Å². The quantitative estimate of drug-likeness (QED) is 0.817. The Labute approximate surface area is 118 Å². The standard InChI is InChI=1S/C16H17ClN2/c1-10-3-4-12-5-6-15(13(12)9-10)19-14-7-8-16(17)18-11(14)2/h3-4,7-9,15,19H,5-6H2,1-2H3. The Morgan fingerprint density at radius 1 is 1.21 bits per heavy atom. The highest BCUT2D eigenvalue weighted by atomic mass is 35.5. The minimum atomic E-state index is 0.386. The molecule has 0 amide bonds. The van der Waals surface area contributed by atoms with E-state index >= 15 is 0 Å². The smallest absolute Gasteiger partial charge is 0.129 e. The average molecular weight is 273 g/mol. The minimum Gasteiger partial charge on any atom is -0.377 e. The molecule has 1 N–H and O–H groups in total. The number of nitrogens with zero attached hydrogens (tertiary/aromatic N) is 1. The van der Waals surface area contributed by atoms with E-state index in [0.717, 1.165) is 24.2 Å². The van der Waals surface area contributed by atoms with Crippen LogP contribution >= 0.6 is 11.6 Å². The Hall–Kier alpha value is -1.54. The zero-order valence-electron chi connectivity index (χ0n) is 11.2. The molecule has 1 aromatic carbocycles. The van der Waals surface area contributed by atoms with Crippen LogP contribution in [0.3, 0.4) is 0 Å². The molecule has 0 bridgehead atoms. The summed E-state index contributed by atoms with van der Waals surface area (Å²) in [5.74, 6) is 0. The van der Waals surface area contributed by atoms with Crippen molar-refractivity contribution in [2.45, 2.75) is 32.7 Å². The number of anilines is 1. The first-order valence-corrected chi connectivity index (χ1v) is 7.00. The molecule has 0 radical (unpaired) electrons. The molecular formula is C16H17ClN2. The first kappa shape index (κ1) is 12.5. The lowest BCUT2D eigenvalue weighted by Crippen LogP contribution is -2.09. The molecule has 0 aliphatic heterocycles. The molecule has 1 aliphatic rings. The van der Waals surface area contributed by atoms with E-state index in [2.05, 4.69) is 35.4 Å². The van der Waals surface area contributed by atoms with Gasteiger partial charge in [0.25, 0.3) is 0 Å². The van der Waals surface area contributed by atoms with E-state index in [-0.39, 0.29) is 0 Å². The van der Waals surface area contributed by atoms with E-state index in [0.29, 0.717) is 11.2 Å². The van der Waals surface area contributed by atoms with Crippen molar-refractivity contribution in [2.24, 2.45) is 0 Å². The Kier molecular flexibility index (Phi) is 3.19. The summed E-state index contributed by atoms with van der Waals surface area (Å²) in [5.41, 5.74) is 6.23. The van der Waals surface area contributed by atoms with Gasteiger partial charge in [0, 0.05) is 0 Å². The number of halogens is 1. The minimum absolute atomic E-state index is 0.386. The lowest BCUT2D eigenvalue weighted by atomic mass is 10.0. The van der Waals surface area contributed by atoms with Crippen molar-refractivity contribution < 1.29 is 0 Å². The zero-order chi connectivity index (χ0) is 13.4. The van der Waals surface area contributed by atoms with Crippen LogP contribution in [0.2, 0.25) is 5.15 Å².